The molecule has 2 aromatic heterocycles. The van der Waals surface area contributed by atoms with Crippen molar-refractivity contribution in [3.63, 3.8) is 0 Å². The molecule has 0 amide bonds. The third kappa shape index (κ3) is 3.84. The van der Waals surface area contributed by atoms with Crippen LogP contribution in [-0.2, 0) is 4.74 Å². The largest absolute Gasteiger partial charge is 0.477 e. The van der Waals surface area contributed by atoms with Crippen LogP contribution in [0.1, 0.15) is 22.0 Å². The summed E-state index contributed by atoms with van der Waals surface area (Å²) in [5.74, 6) is -0.734. The summed E-state index contributed by atoms with van der Waals surface area (Å²) in [6.45, 7) is 3.52. The van der Waals surface area contributed by atoms with Crippen LogP contribution in [0.5, 0.6) is 0 Å². The third-order valence-electron chi connectivity index (χ3n) is 3.96. The van der Waals surface area contributed by atoms with E-state index in [0.29, 0.717) is 25.6 Å². The van der Waals surface area contributed by atoms with Gasteiger partial charge in [-0.2, -0.15) is 0 Å². The van der Waals surface area contributed by atoms with Gasteiger partial charge < -0.3 is 15.2 Å². The van der Waals surface area contributed by atoms with Crippen LogP contribution in [0.3, 0.4) is 0 Å². The maximum Gasteiger partial charge on any atom is 0.341 e. The van der Waals surface area contributed by atoms with E-state index < -0.39 is 5.97 Å². The highest BCUT2D eigenvalue weighted by Gasteiger charge is 2.23. The second-order valence-corrected chi connectivity index (χ2v) is 5.42. The first-order chi connectivity index (χ1) is 11.8. The van der Waals surface area contributed by atoms with Crippen molar-refractivity contribution in [1.29, 1.82) is 0 Å². The number of pyridine rings is 1. The van der Waals surface area contributed by atoms with Crippen molar-refractivity contribution in [2.45, 2.75) is 6.04 Å². The van der Waals surface area contributed by atoms with Gasteiger partial charge in [0, 0.05) is 38.2 Å². The molecule has 0 unspecified atom stereocenters. The first-order valence-corrected chi connectivity index (χ1v) is 7.74. The number of nitrogens with zero attached hydrogens (tertiary/aromatic N) is 4. The molecular formula is C16H19N5O3. The van der Waals surface area contributed by atoms with Gasteiger partial charge in [0.25, 0.3) is 0 Å². The Labute approximate surface area is 139 Å². The van der Waals surface area contributed by atoms with Gasteiger partial charge in [-0.15, -0.1) is 0 Å². The van der Waals surface area contributed by atoms with Gasteiger partial charge in [-0.3, -0.25) is 9.88 Å². The minimum Gasteiger partial charge on any atom is -0.477 e. The number of morpholine rings is 1. The van der Waals surface area contributed by atoms with Crippen LogP contribution in [0.15, 0.2) is 37.1 Å². The first kappa shape index (κ1) is 16.3. The molecule has 1 aliphatic heterocycles. The standard InChI is InChI=1S/C16H19N5O3/c22-16(23)13-9-18-11-20-15(13)19-10-14(12-2-1-3-17-8-12)21-4-6-24-7-5-21/h1-3,8-9,11,14H,4-7,10H2,(H,22,23)(H,18,19,20)/t14-/m0/s1. The predicted octanol–water partition coefficient (Wildman–Crippen LogP) is 1.06. The molecule has 1 saturated heterocycles. The lowest BCUT2D eigenvalue weighted by Gasteiger charge is -2.34. The summed E-state index contributed by atoms with van der Waals surface area (Å²) < 4.78 is 5.42. The summed E-state index contributed by atoms with van der Waals surface area (Å²) in [5.41, 5.74) is 1.13. The Kier molecular flexibility index (Phi) is 5.29. The molecule has 3 rings (SSSR count). The molecule has 2 N–H and O–H groups in total. The summed E-state index contributed by atoms with van der Waals surface area (Å²) in [5, 5.41) is 12.4. The molecule has 0 bridgehead atoms. The van der Waals surface area contributed by atoms with E-state index in [-0.39, 0.29) is 11.6 Å². The molecule has 1 aliphatic rings. The van der Waals surface area contributed by atoms with Gasteiger partial charge in [0.15, 0.2) is 0 Å². The van der Waals surface area contributed by atoms with Crippen LogP contribution in [0.25, 0.3) is 0 Å². The number of hydrogen-bond acceptors (Lipinski definition) is 7. The molecule has 24 heavy (non-hydrogen) atoms. The van der Waals surface area contributed by atoms with E-state index in [1.54, 1.807) is 6.20 Å². The fourth-order valence-electron chi connectivity index (χ4n) is 2.74. The van der Waals surface area contributed by atoms with Gasteiger partial charge in [0.2, 0.25) is 0 Å². The Balaban J connectivity index is 1.78. The number of carbonyl (C=O) groups is 1. The predicted molar refractivity (Wildman–Crippen MR) is 86.9 cm³/mol. The number of aromatic carboxylic acids is 1. The van der Waals surface area contributed by atoms with Crippen molar-refractivity contribution in [2.24, 2.45) is 0 Å². The normalized spacial score (nSPS) is 16.5. The van der Waals surface area contributed by atoms with E-state index in [9.17, 15) is 9.90 Å². The molecular weight excluding hydrogens is 310 g/mol. The lowest BCUT2D eigenvalue weighted by atomic mass is 10.1. The second-order valence-electron chi connectivity index (χ2n) is 5.42. The average molecular weight is 329 g/mol. The van der Waals surface area contributed by atoms with Gasteiger partial charge in [-0.1, -0.05) is 6.07 Å². The molecule has 3 heterocycles. The van der Waals surface area contributed by atoms with E-state index in [1.807, 2.05) is 18.3 Å². The maximum atomic E-state index is 11.3. The third-order valence-corrected chi connectivity index (χ3v) is 3.96. The molecule has 1 atom stereocenters. The van der Waals surface area contributed by atoms with Crippen molar-refractivity contribution < 1.29 is 14.6 Å². The Bertz CT molecular complexity index is 676. The van der Waals surface area contributed by atoms with Crippen LogP contribution in [-0.4, -0.2) is 63.8 Å². The smallest absolute Gasteiger partial charge is 0.341 e. The van der Waals surface area contributed by atoms with E-state index in [4.69, 9.17) is 4.74 Å². The molecule has 0 saturated carbocycles. The zero-order chi connectivity index (χ0) is 16.8. The van der Waals surface area contributed by atoms with Gasteiger partial charge in [0.05, 0.1) is 19.3 Å². The van der Waals surface area contributed by atoms with Crippen molar-refractivity contribution >= 4 is 11.8 Å². The summed E-state index contributed by atoms with van der Waals surface area (Å²) >= 11 is 0. The highest BCUT2D eigenvalue weighted by molar-refractivity contribution is 5.92. The zero-order valence-corrected chi connectivity index (χ0v) is 13.1. The second kappa shape index (κ2) is 7.80. The van der Waals surface area contributed by atoms with Crippen LogP contribution < -0.4 is 5.32 Å². The molecule has 0 radical (unpaired) electrons. The van der Waals surface area contributed by atoms with Crippen LogP contribution in [0.2, 0.25) is 0 Å². The van der Waals surface area contributed by atoms with Crippen LogP contribution in [0.4, 0.5) is 5.82 Å². The number of ether oxygens (including phenoxy) is 1. The number of nitrogens with one attached hydrogen (secondary N) is 1. The molecule has 8 nitrogen and oxygen atoms in total. The number of anilines is 1. The number of hydrogen-bond donors (Lipinski definition) is 2. The van der Waals surface area contributed by atoms with E-state index in [0.717, 1.165) is 18.7 Å². The molecule has 8 heteroatoms. The Hall–Kier alpha value is -2.58. The van der Waals surface area contributed by atoms with Crippen molar-refractivity contribution in [3.05, 3.63) is 48.2 Å². The summed E-state index contributed by atoms with van der Waals surface area (Å²) in [7, 11) is 0. The highest BCUT2D eigenvalue weighted by atomic mass is 16.5. The van der Waals surface area contributed by atoms with E-state index in [1.165, 1.54) is 12.5 Å². The molecule has 0 spiro atoms. The average Bonchev–Trinajstić information content (AvgIpc) is 2.64. The summed E-state index contributed by atoms with van der Waals surface area (Å²) in [6, 6.07) is 3.97. The van der Waals surface area contributed by atoms with Gasteiger partial charge in [-0.25, -0.2) is 14.8 Å². The fraction of sp³-hybridized carbons (Fsp3) is 0.375. The quantitative estimate of drug-likeness (QED) is 0.811. The number of rotatable bonds is 6. The number of carboxylic acid groups (broad SMARTS) is 1. The summed E-state index contributed by atoms with van der Waals surface area (Å²) in [4.78, 5) is 25.6. The maximum absolute atomic E-state index is 11.3. The summed E-state index contributed by atoms with van der Waals surface area (Å²) in [6.07, 6.45) is 6.20. The zero-order valence-electron chi connectivity index (χ0n) is 13.1. The van der Waals surface area contributed by atoms with Crippen molar-refractivity contribution in [1.82, 2.24) is 19.9 Å². The number of carboxylic acids is 1. The minimum absolute atomic E-state index is 0.0548. The Morgan fingerprint density at radius 3 is 2.88 bits per heavy atom. The highest BCUT2D eigenvalue weighted by Crippen LogP contribution is 2.22. The SMILES string of the molecule is O=C(O)c1cncnc1NC[C@@H](c1cccnc1)N1CCOCC1. The van der Waals surface area contributed by atoms with Crippen molar-refractivity contribution in [3.8, 4) is 0 Å². The Morgan fingerprint density at radius 1 is 1.33 bits per heavy atom. The van der Waals surface area contributed by atoms with Crippen molar-refractivity contribution in [2.75, 3.05) is 38.2 Å². The molecule has 1 fully saturated rings. The number of aromatic nitrogens is 3. The van der Waals surface area contributed by atoms with Gasteiger partial charge in [0.1, 0.15) is 17.7 Å². The molecule has 0 aromatic carbocycles. The van der Waals surface area contributed by atoms with E-state index in [2.05, 4.69) is 25.2 Å². The Morgan fingerprint density at radius 2 is 2.17 bits per heavy atom. The lowest BCUT2D eigenvalue weighted by Crippen LogP contribution is -2.41. The van der Waals surface area contributed by atoms with E-state index >= 15 is 0 Å². The van der Waals surface area contributed by atoms with Gasteiger partial charge in [-0.05, 0) is 11.6 Å². The monoisotopic (exact) mass is 329 g/mol. The van der Waals surface area contributed by atoms with Gasteiger partial charge >= 0.3 is 5.97 Å². The first-order valence-electron chi connectivity index (χ1n) is 7.74. The lowest BCUT2D eigenvalue weighted by molar-refractivity contribution is 0.0186. The fourth-order valence-corrected chi connectivity index (χ4v) is 2.74. The molecule has 2 aromatic rings. The topological polar surface area (TPSA) is 100 Å². The minimum atomic E-state index is -1.05. The van der Waals surface area contributed by atoms with Crippen LogP contribution in [0, 0.1) is 0 Å². The van der Waals surface area contributed by atoms with Crippen LogP contribution >= 0.6 is 0 Å². The molecule has 0 aliphatic carbocycles. The molecule has 126 valence electrons.